The number of rotatable bonds is 6. The first kappa shape index (κ1) is 16.3. The van der Waals surface area contributed by atoms with Gasteiger partial charge in [-0.15, -0.1) is 0 Å². The summed E-state index contributed by atoms with van der Waals surface area (Å²) in [6.45, 7) is 0.443. The average molecular weight is 285 g/mol. The van der Waals surface area contributed by atoms with Crippen LogP contribution in [0.1, 0.15) is 6.92 Å². The molecule has 0 fully saturated rings. The lowest BCUT2D eigenvalue weighted by Gasteiger charge is -2.36. The molecule has 11 heteroatoms. The summed E-state index contributed by atoms with van der Waals surface area (Å²) in [5, 5.41) is 28.2. The molecule has 18 heavy (non-hydrogen) atoms. The van der Waals surface area contributed by atoms with Gasteiger partial charge in [-0.1, -0.05) is 0 Å². The van der Waals surface area contributed by atoms with Crippen LogP contribution >= 0.6 is 0 Å². The Balaban J connectivity index is 6.63. The van der Waals surface area contributed by atoms with Gasteiger partial charge >= 0.3 is 17.9 Å². The van der Waals surface area contributed by atoms with E-state index in [1.165, 1.54) is 0 Å². The predicted octanol–water partition coefficient (Wildman–Crippen LogP) is -1.95. The third-order valence-corrected chi connectivity index (χ3v) is 4.21. The van der Waals surface area contributed by atoms with E-state index in [2.05, 4.69) is 0 Å². The summed E-state index contributed by atoms with van der Waals surface area (Å²) in [7, 11) is -4.56. The van der Waals surface area contributed by atoms with E-state index >= 15 is 0 Å². The van der Waals surface area contributed by atoms with Crippen molar-refractivity contribution in [3.63, 3.8) is 0 Å². The second-order valence-electron chi connectivity index (χ2n) is 3.42. The number of carboxylic acid groups (broad SMARTS) is 3. The molecule has 104 valence electrons. The fourth-order valence-corrected chi connectivity index (χ4v) is 2.30. The molecular formula is C7H11NO9S. The Hall–Kier alpha value is -1.72. The zero-order valence-electron chi connectivity index (χ0n) is 9.24. The summed E-state index contributed by atoms with van der Waals surface area (Å²) in [5.74, 6) is -7.34. The van der Waals surface area contributed by atoms with Gasteiger partial charge in [0.1, 0.15) is 0 Å². The molecule has 0 aliphatic carbocycles. The van der Waals surface area contributed by atoms with E-state index < -0.39 is 38.3 Å². The number of aliphatic carboxylic acids is 3. The van der Waals surface area contributed by atoms with Crippen molar-refractivity contribution in [2.75, 3.05) is 7.05 Å². The minimum absolute atomic E-state index is 0.443. The van der Waals surface area contributed by atoms with Crippen LogP contribution in [0.3, 0.4) is 0 Å². The van der Waals surface area contributed by atoms with Gasteiger partial charge in [-0.3, -0.25) is 24.3 Å². The summed E-state index contributed by atoms with van der Waals surface area (Å²) >= 11 is 0. The molecule has 1 unspecified atom stereocenters. The molecule has 0 radical (unpaired) electrons. The van der Waals surface area contributed by atoms with Gasteiger partial charge in [0.2, 0.25) is 0 Å². The van der Waals surface area contributed by atoms with Gasteiger partial charge in [-0.2, -0.15) is 8.42 Å². The van der Waals surface area contributed by atoms with Crippen LogP contribution in [0, 0.1) is 5.41 Å². The normalized spacial score (nSPS) is 15.7. The Morgan fingerprint density at radius 3 is 1.33 bits per heavy atom. The highest BCUT2D eigenvalue weighted by Gasteiger charge is 2.72. The molecule has 0 amide bonds. The molecule has 0 heterocycles. The number of hydrogen-bond acceptors (Lipinski definition) is 6. The number of hydrogen-bond donors (Lipinski definition) is 5. The molecule has 0 bridgehead atoms. The first-order valence-corrected chi connectivity index (χ1v) is 5.69. The van der Waals surface area contributed by atoms with Crippen LogP contribution in [0.15, 0.2) is 0 Å². The quantitative estimate of drug-likeness (QED) is 0.272. The smallest absolute Gasteiger partial charge is 0.335 e. The molecule has 0 spiro atoms. The zero-order valence-corrected chi connectivity index (χ0v) is 10.1. The highest BCUT2D eigenvalue weighted by molar-refractivity contribution is 7.87. The maximum absolute atomic E-state index is 11.1. The minimum atomic E-state index is -5.36. The van der Waals surface area contributed by atoms with E-state index in [1.807, 2.05) is 0 Å². The van der Waals surface area contributed by atoms with Crippen LogP contribution in [-0.2, 0) is 24.5 Å². The van der Waals surface area contributed by atoms with Crippen molar-refractivity contribution in [1.82, 2.24) is 5.32 Å². The second-order valence-corrected chi connectivity index (χ2v) is 5.19. The first-order valence-electron chi connectivity index (χ1n) is 4.25. The van der Waals surface area contributed by atoms with Gasteiger partial charge in [0, 0.05) is 0 Å². The lowest BCUT2D eigenvalue weighted by atomic mass is 9.80. The fraction of sp³-hybridized carbons (Fsp3) is 0.571. The monoisotopic (exact) mass is 285 g/mol. The maximum Gasteiger partial charge on any atom is 0.335 e. The van der Waals surface area contributed by atoms with Crippen LogP contribution < -0.4 is 5.32 Å². The third kappa shape index (κ3) is 1.81. The van der Waals surface area contributed by atoms with E-state index in [0.717, 1.165) is 7.05 Å². The highest BCUT2D eigenvalue weighted by atomic mass is 32.2. The van der Waals surface area contributed by atoms with E-state index in [9.17, 15) is 22.8 Å². The molecule has 0 saturated heterocycles. The topological polar surface area (TPSA) is 178 Å². The van der Waals surface area contributed by atoms with Crippen LogP contribution in [0.2, 0.25) is 0 Å². The predicted molar refractivity (Wildman–Crippen MR) is 54.4 cm³/mol. The lowest BCUT2D eigenvalue weighted by molar-refractivity contribution is -0.179. The second kappa shape index (κ2) is 4.51. The molecule has 5 N–H and O–H groups in total. The summed E-state index contributed by atoms with van der Waals surface area (Å²) in [6.07, 6.45) is 0. The van der Waals surface area contributed by atoms with Crippen LogP contribution in [0.25, 0.3) is 0 Å². The molecule has 0 aromatic rings. The van der Waals surface area contributed by atoms with E-state index in [1.54, 1.807) is 5.32 Å². The lowest BCUT2D eigenvalue weighted by Crippen LogP contribution is -2.69. The fourth-order valence-electron chi connectivity index (χ4n) is 1.40. The van der Waals surface area contributed by atoms with Crippen molar-refractivity contribution in [1.29, 1.82) is 0 Å². The Bertz CT molecular complexity index is 459. The maximum atomic E-state index is 11.1. The first-order chi connectivity index (χ1) is 7.89. The zero-order chi connectivity index (χ0) is 14.9. The molecule has 0 aliphatic heterocycles. The van der Waals surface area contributed by atoms with Crippen molar-refractivity contribution >= 4 is 28.0 Å². The van der Waals surface area contributed by atoms with Gasteiger partial charge < -0.3 is 15.3 Å². The largest absolute Gasteiger partial charge is 0.480 e. The van der Waals surface area contributed by atoms with Crippen molar-refractivity contribution in [2.45, 2.75) is 11.8 Å². The molecular weight excluding hydrogens is 274 g/mol. The van der Waals surface area contributed by atoms with Crippen molar-refractivity contribution in [2.24, 2.45) is 5.41 Å². The van der Waals surface area contributed by atoms with E-state index in [-0.39, 0.29) is 0 Å². The number of carboxylic acids is 3. The van der Waals surface area contributed by atoms with Crippen LogP contribution in [0.4, 0.5) is 0 Å². The highest BCUT2D eigenvalue weighted by Crippen LogP contribution is 2.36. The molecule has 0 aromatic carbocycles. The van der Waals surface area contributed by atoms with E-state index in [0.29, 0.717) is 6.92 Å². The molecule has 0 aromatic heterocycles. The molecule has 0 rings (SSSR count). The Labute approximate surface area is 101 Å². The van der Waals surface area contributed by atoms with Crippen LogP contribution in [0.5, 0.6) is 0 Å². The molecule has 1 atom stereocenters. The summed E-state index contributed by atoms with van der Waals surface area (Å²) < 4.78 is 31.2. The molecule has 0 saturated carbocycles. The van der Waals surface area contributed by atoms with Gasteiger partial charge in [-0.25, -0.2) is 0 Å². The van der Waals surface area contributed by atoms with E-state index in [4.69, 9.17) is 19.9 Å². The Kier molecular flexibility index (Phi) is 4.08. The third-order valence-electron chi connectivity index (χ3n) is 2.67. The van der Waals surface area contributed by atoms with Gasteiger partial charge in [0.25, 0.3) is 15.5 Å². The average Bonchev–Trinajstić information content (AvgIpc) is 2.14. The molecule has 0 aliphatic rings. The Morgan fingerprint density at radius 1 is 1.00 bits per heavy atom. The van der Waals surface area contributed by atoms with Crippen LogP contribution in [-0.4, -0.2) is 58.1 Å². The van der Waals surface area contributed by atoms with Gasteiger partial charge in [0.15, 0.2) is 4.87 Å². The van der Waals surface area contributed by atoms with Crippen molar-refractivity contribution < 1.29 is 42.7 Å². The Morgan fingerprint density at radius 2 is 1.28 bits per heavy atom. The summed E-state index contributed by atoms with van der Waals surface area (Å²) in [6, 6.07) is 0. The minimum Gasteiger partial charge on any atom is -0.480 e. The SMILES string of the molecule is CNC(C)(C(C(=O)O)(C(=O)O)C(=O)O)S(=O)(=O)O. The van der Waals surface area contributed by atoms with Gasteiger partial charge in [0.05, 0.1) is 0 Å². The standard InChI is InChI=1S/C7H11NO9S/c1-6(8-2,18(15,16)17)7(3(9)10,4(11)12)5(13)14/h8H,1-2H3,(H,9,10)(H,11,12)(H,13,14)(H,15,16,17). The number of nitrogens with one attached hydrogen (secondary N) is 1. The van der Waals surface area contributed by atoms with Crippen molar-refractivity contribution in [3.05, 3.63) is 0 Å². The van der Waals surface area contributed by atoms with Crippen molar-refractivity contribution in [3.8, 4) is 0 Å². The summed E-state index contributed by atoms with van der Waals surface area (Å²) in [5.41, 5.74) is -3.81. The number of carbonyl (C=O) groups is 3. The van der Waals surface area contributed by atoms with Gasteiger partial charge in [-0.05, 0) is 14.0 Å². The molecule has 10 nitrogen and oxygen atoms in total. The summed E-state index contributed by atoms with van der Waals surface area (Å²) in [4.78, 5) is 29.8.